The van der Waals surface area contributed by atoms with Crippen LogP contribution in [-0.2, 0) is 13.5 Å². The summed E-state index contributed by atoms with van der Waals surface area (Å²) in [7, 11) is 1.38. The Morgan fingerprint density at radius 2 is 2.20 bits per heavy atom. The highest BCUT2D eigenvalue weighted by Crippen LogP contribution is 2.21. The quantitative estimate of drug-likeness (QED) is 0.845. The van der Waals surface area contributed by atoms with Gasteiger partial charge in [0.2, 0.25) is 0 Å². The van der Waals surface area contributed by atoms with E-state index in [1.54, 1.807) is 0 Å². The highest BCUT2D eigenvalue weighted by atomic mass is 19.4. The molecule has 0 amide bonds. The molecule has 0 radical (unpaired) electrons. The van der Waals surface area contributed by atoms with Gasteiger partial charge in [-0.15, -0.1) is 0 Å². The molecule has 0 bridgehead atoms. The lowest BCUT2D eigenvalue weighted by Crippen LogP contribution is -2.09. The molecule has 0 aliphatic carbocycles. The number of halogens is 3. The summed E-state index contributed by atoms with van der Waals surface area (Å²) in [6.07, 6.45) is -5.55. The van der Waals surface area contributed by atoms with Gasteiger partial charge in [0.25, 0.3) is 0 Å². The van der Waals surface area contributed by atoms with Crippen molar-refractivity contribution in [1.82, 2.24) is 9.78 Å². The van der Waals surface area contributed by atoms with Gasteiger partial charge in [-0.1, -0.05) is 0 Å². The van der Waals surface area contributed by atoms with Gasteiger partial charge in [0.15, 0.2) is 0 Å². The first-order chi connectivity index (χ1) is 6.79. The summed E-state index contributed by atoms with van der Waals surface area (Å²) < 4.78 is 36.6. The first-order valence-electron chi connectivity index (χ1n) is 4.12. The van der Waals surface area contributed by atoms with Crippen LogP contribution < -0.4 is 0 Å². The van der Waals surface area contributed by atoms with Crippen molar-refractivity contribution in [3.8, 4) is 0 Å². The molecule has 1 aromatic rings. The molecule has 1 N–H and O–H groups in total. The molecule has 1 rings (SSSR count). The summed E-state index contributed by atoms with van der Waals surface area (Å²) in [6.45, 7) is 0. The van der Waals surface area contributed by atoms with Crippen molar-refractivity contribution in [3.63, 3.8) is 0 Å². The molecule has 0 aliphatic heterocycles. The zero-order valence-electron chi connectivity index (χ0n) is 7.88. The average Bonchev–Trinajstić information content (AvgIpc) is 2.42. The van der Waals surface area contributed by atoms with Crippen LogP contribution in [0.3, 0.4) is 0 Å². The Morgan fingerprint density at radius 1 is 1.60 bits per heavy atom. The summed E-state index contributed by atoms with van der Waals surface area (Å²) in [5.74, 6) is -1.21. The molecule has 0 atom stereocenters. The lowest BCUT2D eigenvalue weighted by molar-refractivity contribution is -0.134. The van der Waals surface area contributed by atoms with Crippen LogP contribution >= 0.6 is 0 Å². The van der Waals surface area contributed by atoms with E-state index in [0.717, 1.165) is 10.7 Å². The Bertz CT molecular complexity index is 370. The minimum atomic E-state index is -4.25. The van der Waals surface area contributed by atoms with Gasteiger partial charge in [-0.25, -0.2) is 4.79 Å². The van der Waals surface area contributed by atoms with E-state index in [1.807, 2.05) is 0 Å². The second-order valence-electron chi connectivity index (χ2n) is 3.06. The predicted octanol–water partition coefficient (Wildman–Crippen LogP) is 1.61. The summed E-state index contributed by atoms with van der Waals surface area (Å²) >= 11 is 0. The van der Waals surface area contributed by atoms with Crippen molar-refractivity contribution in [1.29, 1.82) is 0 Å². The Balaban J connectivity index is 2.72. The van der Waals surface area contributed by atoms with Crippen LogP contribution in [0.4, 0.5) is 13.2 Å². The Hall–Kier alpha value is -1.53. The number of aromatic nitrogens is 2. The number of carbonyl (C=O) groups is 1. The minimum Gasteiger partial charge on any atom is -0.477 e. The fourth-order valence-corrected chi connectivity index (χ4v) is 1.12. The number of alkyl halides is 3. The van der Waals surface area contributed by atoms with Crippen molar-refractivity contribution in [2.75, 3.05) is 0 Å². The highest BCUT2D eigenvalue weighted by Gasteiger charge is 2.27. The smallest absolute Gasteiger partial charge is 0.389 e. The maximum absolute atomic E-state index is 11.9. The molecule has 0 saturated heterocycles. The summed E-state index contributed by atoms with van der Waals surface area (Å²) in [6, 6.07) is 1.15. The van der Waals surface area contributed by atoms with E-state index in [9.17, 15) is 18.0 Å². The Kier molecular flexibility index (Phi) is 3.01. The summed E-state index contributed by atoms with van der Waals surface area (Å²) in [4.78, 5) is 10.6. The SMILES string of the molecule is Cn1nc(CCC(F)(F)F)cc1C(=O)O. The number of rotatable bonds is 3. The molecule has 0 saturated carbocycles. The zero-order valence-corrected chi connectivity index (χ0v) is 7.88. The average molecular weight is 222 g/mol. The molecule has 0 fully saturated rings. The van der Waals surface area contributed by atoms with E-state index in [-0.39, 0.29) is 17.8 Å². The molecule has 84 valence electrons. The van der Waals surface area contributed by atoms with Crippen molar-refractivity contribution in [3.05, 3.63) is 17.5 Å². The standard InChI is InChI=1S/C8H9F3N2O2/c1-13-6(7(14)15)4-5(12-13)2-3-8(9,10)11/h4H,2-3H2,1H3,(H,14,15). The van der Waals surface area contributed by atoms with Crippen molar-refractivity contribution in [2.24, 2.45) is 7.05 Å². The van der Waals surface area contributed by atoms with Crippen LogP contribution in [0.2, 0.25) is 0 Å². The van der Waals surface area contributed by atoms with E-state index in [1.165, 1.54) is 7.05 Å². The van der Waals surface area contributed by atoms with E-state index in [0.29, 0.717) is 0 Å². The first kappa shape index (κ1) is 11.5. The van der Waals surface area contributed by atoms with Gasteiger partial charge in [0.05, 0.1) is 5.69 Å². The van der Waals surface area contributed by atoms with Crippen LogP contribution in [0.15, 0.2) is 6.07 Å². The van der Waals surface area contributed by atoms with Crippen molar-refractivity contribution < 1.29 is 23.1 Å². The fourth-order valence-electron chi connectivity index (χ4n) is 1.12. The topological polar surface area (TPSA) is 55.1 Å². The van der Waals surface area contributed by atoms with E-state index in [4.69, 9.17) is 5.11 Å². The van der Waals surface area contributed by atoms with Crippen LogP contribution in [0.1, 0.15) is 22.6 Å². The molecule has 7 heteroatoms. The molecular weight excluding hydrogens is 213 g/mol. The number of carboxylic acid groups (broad SMARTS) is 1. The van der Waals surface area contributed by atoms with Gasteiger partial charge in [-0.2, -0.15) is 18.3 Å². The number of aryl methyl sites for hydroxylation is 2. The van der Waals surface area contributed by atoms with E-state index >= 15 is 0 Å². The number of aromatic carboxylic acids is 1. The summed E-state index contributed by atoms with van der Waals surface area (Å²) in [5.41, 5.74) is 0.0133. The number of hydrogen-bond acceptors (Lipinski definition) is 2. The molecule has 15 heavy (non-hydrogen) atoms. The monoisotopic (exact) mass is 222 g/mol. The number of carboxylic acids is 1. The normalized spacial score (nSPS) is 11.7. The van der Waals surface area contributed by atoms with E-state index < -0.39 is 18.6 Å². The molecule has 4 nitrogen and oxygen atoms in total. The molecule has 1 heterocycles. The molecule has 0 spiro atoms. The highest BCUT2D eigenvalue weighted by molar-refractivity contribution is 5.85. The third-order valence-electron chi connectivity index (χ3n) is 1.81. The van der Waals surface area contributed by atoms with Gasteiger partial charge >= 0.3 is 12.1 Å². The van der Waals surface area contributed by atoms with Crippen LogP contribution in [0, 0.1) is 0 Å². The van der Waals surface area contributed by atoms with Gasteiger partial charge < -0.3 is 5.11 Å². The number of hydrogen-bond donors (Lipinski definition) is 1. The molecule has 1 aromatic heterocycles. The summed E-state index contributed by atoms with van der Waals surface area (Å²) in [5, 5.41) is 12.3. The lowest BCUT2D eigenvalue weighted by atomic mass is 10.2. The fraction of sp³-hybridized carbons (Fsp3) is 0.500. The number of nitrogens with zero attached hydrogens (tertiary/aromatic N) is 2. The second-order valence-corrected chi connectivity index (χ2v) is 3.06. The second kappa shape index (κ2) is 3.92. The predicted molar refractivity (Wildman–Crippen MR) is 44.5 cm³/mol. The third-order valence-corrected chi connectivity index (χ3v) is 1.81. The molecular formula is C8H9F3N2O2. The van der Waals surface area contributed by atoms with Gasteiger partial charge in [0, 0.05) is 19.9 Å². The first-order valence-corrected chi connectivity index (χ1v) is 4.12. The van der Waals surface area contributed by atoms with Crippen LogP contribution in [-0.4, -0.2) is 27.0 Å². The van der Waals surface area contributed by atoms with Crippen molar-refractivity contribution in [2.45, 2.75) is 19.0 Å². The van der Waals surface area contributed by atoms with Crippen LogP contribution in [0.5, 0.6) is 0 Å². The van der Waals surface area contributed by atoms with Gasteiger partial charge in [-0.3, -0.25) is 4.68 Å². The van der Waals surface area contributed by atoms with Gasteiger partial charge in [-0.05, 0) is 6.07 Å². The third kappa shape index (κ3) is 3.26. The molecule has 0 aliphatic rings. The molecule has 0 aromatic carbocycles. The Morgan fingerprint density at radius 3 is 2.60 bits per heavy atom. The van der Waals surface area contributed by atoms with Crippen molar-refractivity contribution >= 4 is 5.97 Å². The largest absolute Gasteiger partial charge is 0.477 e. The van der Waals surface area contributed by atoms with Crippen LogP contribution in [0.25, 0.3) is 0 Å². The van der Waals surface area contributed by atoms with E-state index in [2.05, 4.69) is 5.10 Å². The van der Waals surface area contributed by atoms with Gasteiger partial charge in [0.1, 0.15) is 5.69 Å². The maximum atomic E-state index is 11.9. The maximum Gasteiger partial charge on any atom is 0.389 e. The Labute approximate surface area is 83.3 Å². The zero-order chi connectivity index (χ0) is 11.6. The lowest BCUT2D eigenvalue weighted by Gasteiger charge is -2.02. The molecule has 0 unspecified atom stereocenters. The minimum absolute atomic E-state index is 0.118.